The smallest absolute Gasteiger partial charge is 0.325 e. The second kappa shape index (κ2) is 6.26. The summed E-state index contributed by atoms with van der Waals surface area (Å²) in [6, 6.07) is 8.94. The van der Waals surface area contributed by atoms with Crippen LogP contribution in [0, 0.1) is 11.6 Å². The molecular weight excluding hydrogens is 368 g/mol. The minimum Gasteiger partial charge on any atom is -0.360 e. The third-order valence-electron chi connectivity index (χ3n) is 4.93. The molecule has 0 aliphatic carbocycles. The Kier molecular flexibility index (Phi) is 3.99. The van der Waals surface area contributed by atoms with Gasteiger partial charge in [-0.25, -0.2) is 13.6 Å². The summed E-state index contributed by atoms with van der Waals surface area (Å²) in [5.41, 5.74) is -1.02. The molecule has 2 N–H and O–H groups in total. The van der Waals surface area contributed by atoms with Crippen molar-refractivity contribution in [2.75, 3.05) is 6.54 Å². The van der Waals surface area contributed by atoms with E-state index in [0.29, 0.717) is 15.8 Å². The van der Waals surface area contributed by atoms with E-state index in [1.165, 1.54) is 13.1 Å². The molecule has 0 bridgehead atoms. The molecule has 6 nitrogen and oxygen atoms in total. The molecule has 3 aromatic rings. The van der Waals surface area contributed by atoms with E-state index in [4.69, 9.17) is 0 Å². The lowest BCUT2D eigenvalue weighted by Crippen LogP contribution is -2.42. The SMILES string of the molecule is C[C@]1(c2cc(F)ccc2F)NC(=O)N(CC(=O)c2c[nH]c3ccccc23)C1=O. The maximum atomic E-state index is 14.2. The quantitative estimate of drug-likeness (QED) is 0.537. The van der Waals surface area contributed by atoms with E-state index >= 15 is 0 Å². The number of carbonyl (C=O) groups is 3. The predicted octanol–water partition coefficient (Wildman–Crippen LogP) is 3.10. The van der Waals surface area contributed by atoms with E-state index in [2.05, 4.69) is 10.3 Å². The highest BCUT2D eigenvalue weighted by molar-refractivity contribution is 6.14. The van der Waals surface area contributed by atoms with Gasteiger partial charge in [-0.1, -0.05) is 18.2 Å². The molecule has 1 aromatic heterocycles. The number of halogens is 2. The molecule has 0 radical (unpaired) electrons. The van der Waals surface area contributed by atoms with Gasteiger partial charge >= 0.3 is 6.03 Å². The number of aromatic amines is 1. The van der Waals surface area contributed by atoms with Crippen LogP contribution in [0.25, 0.3) is 10.9 Å². The summed E-state index contributed by atoms with van der Waals surface area (Å²) < 4.78 is 27.8. The van der Waals surface area contributed by atoms with E-state index in [1.807, 2.05) is 6.07 Å². The zero-order chi connectivity index (χ0) is 20.1. The molecule has 2 heterocycles. The van der Waals surface area contributed by atoms with Gasteiger partial charge in [0.15, 0.2) is 5.78 Å². The first kappa shape index (κ1) is 17.8. The number of fused-ring (bicyclic) bond motifs is 1. The number of imide groups is 1. The standard InChI is InChI=1S/C20H15F2N3O3/c1-20(14-8-11(21)6-7-15(14)22)18(27)25(19(28)24-20)10-17(26)13-9-23-16-5-3-2-4-12(13)16/h2-9,23H,10H2,1H3,(H,24,28)/t20-/m1/s1. The van der Waals surface area contributed by atoms with Crippen LogP contribution in [0.3, 0.4) is 0 Å². The highest BCUT2D eigenvalue weighted by Crippen LogP contribution is 2.31. The monoisotopic (exact) mass is 383 g/mol. The van der Waals surface area contributed by atoms with Gasteiger partial charge in [0, 0.05) is 28.2 Å². The number of rotatable bonds is 4. The number of para-hydroxylation sites is 1. The van der Waals surface area contributed by atoms with Gasteiger partial charge in [0.05, 0.1) is 6.54 Å². The van der Waals surface area contributed by atoms with Crippen LogP contribution in [-0.2, 0) is 10.3 Å². The van der Waals surface area contributed by atoms with E-state index < -0.39 is 41.4 Å². The van der Waals surface area contributed by atoms with Crippen LogP contribution in [0.2, 0.25) is 0 Å². The lowest BCUT2D eigenvalue weighted by molar-refractivity contribution is -0.130. The molecular formula is C20H15F2N3O3. The average molecular weight is 383 g/mol. The molecule has 3 amide bonds. The van der Waals surface area contributed by atoms with Crippen LogP contribution in [0.1, 0.15) is 22.8 Å². The molecule has 142 valence electrons. The Morgan fingerprint density at radius 2 is 1.89 bits per heavy atom. The van der Waals surface area contributed by atoms with Gasteiger partial charge in [-0.15, -0.1) is 0 Å². The number of aromatic nitrogens is 1. The Labute approximate surface area is 158 Å². The summed E-state index contributed by atoms with van der Waals surface area (Å²) in [4.78, 5) is 41.6. The fourth-order valence-corrected chi connectivity index (χ4v) is 3.43. The summed E-state index contributed by atoms with van der Waals surface area (Å²) in [6.07, 6.45) is 1.51. The number of ketones is 1. The van der Waals surface area contributed by atoms with Crippen molar-refractivity contribution in [1.82, 2.24) is 15.2 Å². The van der Waals surface area contributed by atoms with Crippen molar-refractivity contribution in [2.45, 2.75) is 12.5 Å². The number of hydrogen-bond acceptors (Lipinski definition) is 3. The van der Waals surface area contributed by atoms with Crippen LogP contribution in [0.4, 0.5) is 13.6 Å². The van der Waals surface area contributed by atoms with Crippen molar-refractivity contribution in [3.63, 3.8) is 0 Å². The summed E-state index contributed by atoms with van der Waals surface area (Å²) >= 11 is 0. The van der Waals surface area contributed by atoms with Crippen LogP contribution >= 0.6 is 0 Å². The number of amides is 3. The van der Waals surface area contributed by atoms with Crippen LogP contribution in [-0.4, -0.2) is 34.2 Å². The van der Waals surface area contributed by atoms with E-state index in [9.17, 15) is 23.2 Å². The van der Waals surface area contributed by atoms with Gasteiger partial charge in [-0.2, -0.15) is 0 Å². The molecule has 1 atom stereocenters. The number of urea groups is 1. The fraction of sp³-hybridized carbons (Fsp3) is 0.150. The highest BCUT2D eigenvalue weighted by atomic mass is 19.1. The number of H-pyrrole nitrogens is 1. The lowest BCUT2D eigenvalue weighted by atomic mass is 9.91. The minimum atomic E-state index is -1.80. The van der Waals surface area contributed by atoms with Gasteiger partial charge in [-0.05, 0) is 31.2 Å². The van der Waals surface area contributed by atoms with Crippen molar-refractivity contribution < 1.29 is 23.2 Å². The van der Waals surface area contributed by atoms with Crippen molar-refractivity contribution >= 4 is 28.6 Å². The second-order valence-corrected chi connectivity index (χ2v) is 6.74. The molecule has 1 aliphatic heterocycles. The summed E-state index contributed by atoms with van der Waals surface area (Å²) in [5, 5.41) is 3.04. The first-order valence-corrected chi connectivity index (χ1v) is 8.50. The van der Waals surface area contributed by atoms with Crippen LogP contribution < -0.4 is 5.32 Å². The van der Waals surface area contributed by atoms with E-state index in [1.54, 1.807) is 18.2 Å². The number of benzene rings is 2. The van der Waals surface area contributed by atoms with Gasteiger partial charge in [0.2, 0.25) is 0 Å². The van der Waals surface area contributed by atoms with Gasteiger partial charge < -0.3 is 10.3 Å². The predicted molar refractivity (Wildman–Crippen MR) is 96.6 cm³/mol. The summed E-state index contributed by atoms with van der Waals surface area (Å²) in [6.45, 7) is 0.764. The molecule has 1 aliphatic rings. The molecule has 4 rings (SSSR count). The van der Waals surface area contributed by atoms with Gasteiger partial charge in [-0.3, -0.25) is 14.5 Å². The molecule has 8 heteroatoms. The molecule has 0 unspecified atom stereocenters. The molecule has 1 fully saturated rings. The summed E-state index contributed by atoms with van der Waals surface area (Å²) in [7, 11) is 0. The number of nitrogens with zero attached hydrogens (tertiary/aromatic N) is 1. The number of Topliss-reactive ketones (excluding diaryl/α,β-unsaturated/α-hetero) is 1. The zero-order valence-electron chi connectivity index (χ0n) is 14.8. The number of nitrogens with one attached hydrogen (secondary N) is 2. The van der Waals surface area contributed by atoms with Gasteiger partial charge in [0.1, 0.15) is 17.2 Å². The first-order valence-electron chi connectivity index (χ1n) is 8.50. The molecule has 2 aromatic carbocycles. The van der Waals surface area contributed by atoms with Crippen molar-refractivity contribution in [2.24, 2.45) is 0 Å². The third kappa shape index (κ3) is 2.65. The number of hydrogen-bond donors (Lipinski definition) is 2. The van der Waals surface area contributed by atoms with Crippen molar-refractivity contribution in [1.29, 1.82) is 0 Å². The Bertz CT molecular complexity index is 1140. The average Bonchev–Trinajstić information content (AvgIpc) is 3.19. The fourth-order valence-electron chi connectivity index (χ4n) is 3.43. The lowest BCUT2D eigenvalue weighted by Gasteiger charge is -2.22. The third-order valence-corrected chi connectivity index (χ3v) is 4.93. The summed E-state index contributed by atoms with van der Waals surface area (Å²) in [5.74, 6) is -2.85. The Balaban J connectivity index is 1.64. The molecule has 0 saturated carbocycles. The topological polar surface area (TPSA) is 82.3 Å². The largest absolute Gasteiger partial charge is 0.360 e. The first-order chi connectivity index (χ1) is 13.3. The maximum absolute atomic E-state index is 14.2. The van der Waals surface area contributed by atoms with Crippen LogP contribution in [0.5, 0.6) is 0 Å². The highest BCUT2D eigenvalue weighted by Gasteiger charge is 2.50. The van der Waals surface area contributed by atoms with E-state index in [0.717, 1.165) is 23.7 Å². The molecule has 1 saturated heterocycles. The van der Waals surface area contributed by atoms with E-state index in [-0.39, 0.29) is 5.56 Å². The Morgan fingerprint density at radius 1 is 1.14 bits per heavy atom. The molecule has 0 spiro atoms. The normalized spacial score (nSPS) is 19.3. The second-order valence-electron chi connectivity index (χ2n) is 6.74. The molecule has 28 heavy (non-hydrogen) atoms. The minimum absolute atomic E-state index is 0.298. The van der Waals surface area contributed by atoms with Crippen molar-refractivity contribution in [3.8, 4) is 0 Å². The Morgan fingerprint density at radius 3 is 2.68 bits per heavy atom. The Hall–Kier alpha value is -3.55. The van der Waals surface area contributed by atoms with Gasteiger partial charge in [0.25, 0.3) is 5.91 Å². The number of carbonyl (C=O) groups excluding carboxylic acids is 3. The zero-order valence-corrected chi connectivity index (χ0v) is 14.8. The van der Waals surface area contributed by atoms with Crippen molar-refractivity contribution in [3.05, 3.63) is 71.4 Å². The maximum Gasteiger partial charge on any atom is 0.325 e. The van der Waals surface area contributed by atoms with Crippen LogP contribution in [0.15, 0.2) is 48.7 Å².